The summed E-state index contributed by atoms with van der Waals surface area (Å²) in [5.41, 5.74) is 0.479. The van der Waals surface area contributed by atoms with Crippen LogP contribution in [0, 0.1) is 0 Å². The van der Waals surface area contributed by atoms with Crippen molar-refractivity contribution in [2.45, 2.75) is 25.5 Å². The fourth-order valence-corrected chi connectivity index (χ4v) is 2.04. The van der Waals surface area contributed by atoms with Gasteiger partial charge in [0.2, 0.25) is 0 Å². The molecule has 0 aliphatic carbocycles. The predicted octanol–water partition coefficient (Wildman–Crippen LogP) is 2.68. The summed E-state index contributed by atoms with van der Waals surface area (Å²) >= 11 is 3.21. The Morgan fingerprint density at radius 1 is 1.50 bits per heavy atom. The van der Waals surface area contributed by atoms with Gasteiger partial charge in [0.05, 0.1) is 11.8 Å². The minimum absolute atomic E-state index is 0.189. The molecule has 2 atom stereocenters. The van der Waals surface area contributed by atoms with E-state index in [9.17, 15) is 9.90 Å². The minimum Gasteiger partial charge on any atom is -0.467 e. The second kappa shape index (κ2) is 6.67. The average molecular weight is 339 g/mol. The number of carbonyl (C=O) groups excluding carboxylic acids is 1. The number of aliphatic hydroxyl groups is 1. The minimum atomic E-state index is -0.733. The fraction of sp³-hybridized carbons (Fsp3) is 0.286. The van der Waals surface area contributed by atoms with Crippen LogP contribution in [0.1, 0.15) is 35.6 Å². The van der Waals surface area contributed by atoms with Crippen LogP contribution in [0.3, 0.4) is 0 Å². The van der Waals surface area contributed by atoms with Crippen molar-refractivity contribution in [3.8, 4) is 0 Å². The van der Waals surface area contributed by atoms with Crippen molar-refractivity contribution in [3.05, 3.63) is 52.7 Å². The maximum Gasteiger partial charge on any atom is 0.253 e. The summed E-state index contributed by atoms with van der Waals surface area (Å²) in [6.07, 6.45) is 2.65. The summed E-state index contributed by atoms with van der Waals surface area (Å²) in [7, 11) is 0. The molecule has 2 N–H and O–H groups in total. The van der Waals surface area contributed by atoms with Gasteiger partial charge in [-0.2, -0.15) is 0 Å². The Morgan fingerprint density at radius 2 is 2.30 bits per heavy atom. The van der Waals surface area contributed by atoms with Crippen molar-refractivity contribution in [2.75, 3.05) is 0 Å². The highest BCUT2D eigenvalue weighted by Crippen LogP contribution is 2.18. The fourth-order valence-electron chi connectivity index (χ4n) is 1.81. The SMILES string of the molecule is CC(CC(O)c1ccco1)NC(=O)c1ccc(Br)nc1. The Balaban J connectivity index is 1.89. The molecule has 0 aliphatic heterocycles. The van der Waals surface area contributed by atoms with Crippen molar-refractivity contribution >= 4 is 21.8 Å². The van der Waals surface area contributed by atoms with Crippen molar-refractivity contribution < 1.29 is 14.3 Å². The highest BCUT2D eigenvalue weighted by Gasteiger charge is 2.17. The number of hydrogen-bond donors (Lipinski definition) is 2. The number of nitrogens with zero attached hydrogens (tertiary/aromatic N) is 1. The van der Waals surface area contributed by atoms with Crippen molar-refractivity contribution in [1.82, 2.24) is 10.3 Å². The van der Waals surface area contributed by atoms with E-state index in [0.29, 0.717) is 22.3 Å². The monoisotopic (exact) mass is 338 g/mol. The van der Waals surface area contributed by atoms with Crippen molar-refractivity contribution in [3.63, 3.8) is 0 Å². The molecule has 1 amide bonds. The van der Waals surface area contributed by atoms with Gasteiger partial charge in [-0.25, -0.2) is 4.98 Å². The van der Waals surface area contributed by atoms with E-state index in [1.165, 1.54) is 12.5 Å². The number of halogens is 1. The summed E-state index contributed by atoms with van der Waals surface area (Å²) in [5.74, 6) is 0.278. The first-order valence-electron chi connectivity index (χ1n) is 6.20. The van der Waals surface area contributed by atoms with Crippen LogP contribution in [0.2, 0.25) is 0 Å². The smallest absolute Gasteiger partial charge is 0.253 e. The molecule has 2 aromatic rings. The van der Waals surface area contributed by atoms with Crippen LogP contribution in [0.5, 0.6) is 0 Å². The van der Waals surface area contributed by atoms with Crippen LogP contribution >= 0.6 is 15.9 Å². The number of amides is 1. The lowest BCUT2D eigenvalue weighted by atomic mass is 10.1. The van der Waals surface area contributed by atoms with Crippen LogP contribution in [0.15, 0.2) is 45.7 Å². The standard InChI is InChI=1S/C14H15BrN2O3/c1-9(7-11(18)12-3-2-6-20-12)17-14(19)10-4-5-13(15)16-8-10/h2-6,8-9,11,18H,7H2,1H3,(H,17,19). The lowest BCUT2D eigenvalue weighted by molar-refractivity contribution is 0.0902. The van der Waals surface area contributed by atoms with Gasteiger partial charge < -0.3 is 14.8 Å². The summed E-state index contributed by atoms with van der Waals surface area (Å²) in [6, 6.07) is 6.62. The van der Waals surface area contributed by atoms with Crippen LogP contribution in [0.4, 0.5) is 0 Å². The van der Waals surface area contributed by atoms with E-state index >= 15 is 0 Å². The number of carbonyl (C=O) groups is 1. The molecule has 0 fully saturated rings. The number of hydrogen-bond acceptors (Lipinski definition) is 4. The second-order valence-corrected chi connectivity index (χ2v) is 5.32. The normalized spacial score (nSPS) is 13.8. The van der Waals surface area contributed by atoms with Crippen LogP contribution < -0.4 is 5.32 Å². The van der Waals surface area contributed by atoms with E-state index < -0.39 is 6.10 Å². The largest absolute Gasteiger partial charge is 0.467 e. The Hall–Kier alpha value is -1.66. The molecule has 2 heterocycles. The molecule has 0 aromatic carbocycles. The van der Waals surface area contributed by atoms with E-state index in [4.69, 9.17) is 4.42 Å². The molecule has 20 heavy (non-hydrogen) atoms. The van der Waals surface area contributed by atoms with Gasteiger partial charge in [-0.1, -0.05) is 0 Å². The predicted molar refractivity (Wildman–Crippen MR) is 77.2 cm³/mol. The first-order valence-corrected chi connectivity index (χ1v) is 6.99. The molecule has 0 spiro atoms. The lowest BCUT2D eigenvalue weighted by Crippen LogP contribution is -2.33. The van der Waals surface area contributed by atoms with Gasteiger partial charge in [0.15, 0.2) is 0 Å². The molecule has 5 nitrogen and oxygen atoms in total. The maximum atomic E-state index is 12.0. The molecular formula is C14H15BrN2O3. The van der Waals surface area contributed by atoms with Gasteiger partial charge in [-0.15, -0.1) is 0 Å². The van der Waals surface area contributed by atoms with Gasteiger partial charge in [0, 0.05) is 18.7 Å². The quantitative estimate of drug-likeness (QED) is 0.822. The van der Waals surface area contributed by atoms with Crippen LogP contribution in [-0.4, -0.2) is 22.0 Å². The number of furan rings is 1. The summed E-state index contributed by atoms with van der Waals surface area (Å²) in [6.45, 7) is 1.83. The molecule has 2 aromatic heterocycles. The van der Waals surface area contributed by atoms with Crippen LogP contribution in [-0.2, 0) is 0 Å². The number of rotatable bonds is 5. The van der Waals surface area contributed by atoms with Crippen molar-refractivity contribution in [1.29, 1.82) is 0 Å². The first-order chi connectivity index (χ1) is 9.56. The maximum absolute atomic E-state index is 12.0. The van der Waals surface area contributed by atoms with Gasteiger partial charge in [0.25, 0.3) is 5.91 Å². The molecule has 0 saturated heterocycles. The lowest BCUT2D eigenvalue weighted by Gasteiger charge is -2.16. The first kappa shape index (κ1) is 14.7. The van der Waals surface area contributed by atoms with E-state index in [2.05, 4.69) is 26.2 Å². The zero-order valence-electron chi connectivity index (χ0n) is 10.9. The van der Waals surface area contributed by atoms with Crippen LogP contribution in [0.25, 0.3) is 0 Å². The molecule has 2 rings (SSSR count). The molecule has 106 valence electrons. The molecule has 0 saturated carbocycles. The van der Waals surface area contributed by atoms with Gasteiger partial charge >= 0.3 is 0 Å². The third-order valence-electron chi connectivity index (χ3n) is 2.82. The van der Waals surface area contributed by atoms with Gasteiger partial charge in [-0.05, 0) is 47.1 Å². The number of nitrogens with one attached hydrogen (secondary N) is 1. The highest BCUT2D eigenvalue weighted by atomic mass is 79.9. The molecule has 0 aliphatic rings. The highest BCUT2D eigenvalue weighted by molar-refractivity contribution is 9.10. The van der Waals surface area contributed by atoms with Crippen molar-refractivity contribution in [2.24, 2.45) is 0 Å². The number of aromatic nitrogens is 1. The number of aliphatic hydroxyl groups excluding tert-OH is 1. The molecule has 0 radical (unpaired) electrons. The zero-order chi connectivity index (χ0) is 14.5. The molecule has 0 bridgehead atoms. The topological polar surface area (TPSA) is 75.4 Å². The van der Waals surface area contributed by atoms with E-state index in [1.807, 2.05) is 6.92 Å². The zero-order valence-corrected chi connectivity index (χ0v) is 12.5. The molecular weight excluding hydrogens is 324 g/mol. The molecule has 2 unspecified atom stereocenters. The van der Waals surface area contributed by atoms with E-state index in [0.717, 1.165) is 0 Å². The van der Waals surface area contributed by atoms with Gasteiger partial charge in [-0.3, -0.25) is 4.79 Å². The Kier molecular flexibility index (Phi) is 4.92. The third kappa shape index (κ3) is 3.91. The van der Waals surface area contributed by atoms with Gasteiger partial charge in [0.1, 0.15) is 16.5 Å². The Labute approximate surface area is 125 Å². The third-order valence-corrected chi connectivity index (χ3v) is 3.28. The summed E-state index contributed by atoms with van der Waals surface area (Å²) < 4.78 is 5.80. The molecule has 6 heteroatoms. The summed E-state index contributed by atoms with van der Waals surface area (Å²) in [4.78, 5) is 16.0. The summed E-state index contributed by atoms with van der Waals surface area (Å²) in [5, 5.41) is 12.7. The Morgan fingerprint density at radius 3 is 2.90 bits per heavy atom. The second-order valence-electron chi connectivity index (χ2n) is 4.51. The van der Waals surface area contributed by atoms with E-state index in [1.54, 1.807) is 24.3 Å². The van der Waals surface area contributed by atoms with E-state index in [-0.39, 0.29) is 11.9 Å². The Bertz CT molecular complexity index is 554. The number of pyridine rings is 1. The average Bonchev–Trinajstić information content (AvgIpc) is 2.93.